The van der Waals surface area contributed by atoms with E-state index in [1.807, 2.05) is 52.0 Å². The molecule has 0 aromatic heterocycles. The Kier molecular flexibility index (Phi) is 13.8. The lowest BCUT2D eigenvalue weighted by Gasteiger charge is -2.33. The number of carbonyl (C=O) groups excluding carboxylic acids is 4. The van der Waals surface area contributed by atoms with E-state index in [-0.39, 0.29) is 43.9 Å². The van der Waals surface area contributed by atoms with Gasteiger partial charge in [-0.2, -0.15) is 0 Å². The summed E-state index contributed by atoms with van der Waals surface area (Å²) in [6.07, 6.45) is 5.67. The van der Waals surface area contributed by atoms with Crippen LogP contribution in [-0.2, 0) is 19.2 Å². The Morgan fingerprint density at radius 3 is 1.38 bits per heavy atom. The third-order valence-electron chi connectivity index (χ3n) is 11.0. The number of nitro groups is 2. The van der Waals surface area contributed by atoms with E-state index in [2.05, 4.69) is 10.6 Å². The van der Waals surface area contributed by atoms with Crippen molar-refractivity contribution < 1.29 is 29.0 Å². The monoisotopic (exact) mass is 844 g/mol. The lowest BCUT2D eigenvalue weighted by molar-refractivity contribution is -0.387. The largest absolute Gasteiger partial charge is 0.327 e. The Bertz CT molecular complexity index is 2340. The quantitative estimate of drug-likeness (QED) is 0.0848. The first-order valence-electron chi connectivity index (χ1n) is 19.9. The van der Waals surface area contributed by atoms with E-state index in [1.54, 1.807) is 24.3 Å². The van der Waals surface area contributed by atoms with Crippen LogP contribution in [-0.4, -0.2) is 94.4 Å². The molecule has 0 spiro atoms. The summed E-state index contributed by atoms with van der Waals surface area (Å²) in [6.45, 7) is 12.7. The van der Waals surface area contributed by atoms with E-state index in [9.17, 15) is 39.4 Å². The number of nitro benzene ring substituents is 2. The van der Waals surface area contributed by atoms with Crippen molar-refractivity contribution in [3.8, 4) is 22.3 Å². The predicted molar refractivity (Wildman–Crippen MR) is 236 cm³/mol. The molecule has 2 atom stereocenters. The Labute approximate surface area is 358 Å². The molecule has 4 aromatic rings. The standard InChI is InChI=1S/C46H48N6O8S/c1-27-7-13-35(29(3)23-27)43-33(11-17-41(55)49-21-19-47-25-37(49)31(5)53)9-15-39(45(43)51(57)58)61-40-16-10-34(12-18-42(56)50-22-20-48-26-38(50)32(6)54)44(46(40)52(59)60)36-14-8-28(2)24-30(36)4/h7-18,23-24,37-38,47-48H,19-22,25-26H2,1-6H3. The van der Waals surface area contributed by atoms with Crippen molar-refractivity contribution in [1.29, 1.82) is 0 Å². The smallest absolute Gasteiger partial charge is 0.291 e. The lowest BCUT2D eigenvalue weighted by Crippen LogP contribution is -2.56. The molecule has 61 heavy (non-hydrogen) atoms. The van der Waals surface area contributed by atoms with Gasteiger partial charge < -0.3 is 20.4 Å². The molecule has 2 aliphatic rings. The second-order valence-corrected chi connectivity index (χ2v) is 16.5. The Balaban J connectivity index is 1.50. The minimum absolute atomic E-state index is 0.129. The van der Waals surface area contributed by atoms with Gasteiger partial charge in [0.05, 0.1) is 30.8 Å². The minimum Gasteiger partial charge on any atom is -0.327 e. The van der Waals surface area contributed by atoms with Crippen molar-refractivity contribution in [2.24, 2.45) is 0 Å². The van der Waals surface area contributed by atoms with Gasteiger partial charge in [0, 0.05) is 51.4 Å². The van der Waals surface area contributed by atoms with Gasteiger partial charge in [-0.3, -0.25) is 39.4 Å². The van der Waals surface area contributed by atoms with E-state index in [1.165, 1.54) is 60.1 Å². The van der Waals surface area contributed by atoms with Gasteiger partial charge in [-0.25, -0.2) is 0 Å². The first-order chi connectivity index (χ1) is 29.1. The Morgan fingerprint density at radius 1 is 0.639 bits per heavy atom. The zero-order valence-corrected chi connectivity index (χ0v) is 35.8. The fourth-order valence-corrected chi connectivity index (χ4v) is 9.08. The third kappa shape index (κ3) is 9.70. The van der Waals surface area contributed by atoms with Gasteiger partial charge in [0.15, 0.2) is 11.6 Å². The zero-order chi connectivity index (χ0) is 44.1. The average molecular weight is 845 g/mol. The second kappa shape index (κ2) is 19.0. The number of hydrogen-bond acceptors (Lipinski definition) is 11. The van der Waals surface area contributed by atoms with Crippen molar-refractivity contribution >= 4 is 58.7 Å². The molecular formula is C46H48N6O8S. The number of piperazine rings is 2. The van der Waals surface area contributed by atoms with Crippen molar-refractivity contribution in [3.63, 3.8) is 0 Å². The summed E-state index contributed by atoms with van der Waals surface area (Å²) in [5.41, 5.74) is 5.05. The summed E-state index contributed by atoms with van der Waals surface area (Å²) in [4.78, 5) is 80.5. The number of rotatable bonds is 12. The van der Waals surface area contributed by atoms with E-state index in [0.717, 1.165) is 34.0 Å². The van der Waals surface area contributed by atoms with Crippen LogP contribution in [0.5, 0.6) is 0 Å². The summed E-state index contributed by atoms with van der Waals surface area (Å²) in [7, 11) is 0. The number of hydrogen-bond donors (Lipinski definition) is 2. The summed E-state index contributed by atoms with van der Waals surface area (Å²) >= 11 is 0.881. The van der Waals surface area contributed by atoms with Crippen molar-refractivity contribution in [2.75, 3.05) is 39.3 Å². The number of ketones is 2. The fourth-order valence-electron chi connectivity index (χ4n) is 8.03. The first kappa shape index (κ1) is 44.3. The average Bonchev–Trinajstić information content (AvgIpc) is 3.22. The summed E-state index contributed by atoms with van der Waals surface area (Å²) in [5.74, 6) is -1.14. The number of aryl methyl sites for hydroxylation is 4. The SMILES string of the molecule is CC(=O)C1CNCCN1C(=O)C=Cc1ccc(Sc2ccc(C=CC(=O)N3CCNCC3C(C)=O)c(-c3ccc(C)cc3C)c2[N+](=O)[O-])c([N+](=O)[O-])c1-c1ccc(C)cc1C. The van der Waals surface area contributed by atoms with Crippen LogP contribution in [0.2, 0.25) is 0 Å². The van der Waals surface area contributed by atoms with Crippen molar-refractivity contribution in [2.45, 2.75) is 63.4 Å². The van der Waals surface area contributed by atoms with Crippen LogP contribution in [0.3, 0.4) is 0 Å². The molecule has 15 heteroatoms. The number of Topliss-reactive ketones (excluding diaryl/α,β-unsaturated/α-hetero) is 2. The maximum Gasteiger partial charge on any atom is 0.291 e. The highest BCUT2D eigenvalue weighted by molar-refractivity contribution is 7.99. The molecule has 4 aromatic carbocycles. The highest BCUT2D eigenvalue weighted by atomic mass is 32.2. The van der Waals surface area contributed by atoms with Crippen LogP contribution in [0.15, 0.2) is 82.6 Å². The normalized spacial score (nSPS) is 16.9. The molecule has 2 aliphatic heterocycles. The Morgan fingerprint density at radius 2 is 1.03 bits per heavy atom. The van der Waals surface area contributed by atoms with Crippen molar-refractivity contribution in [1.82, 2.24) is 20.4 Å². The molecular weight excluding hydrogens is 797 g/mol. The van der Waals surface area contributed by atoms with E-state index < -0.39 is 33.7 Å². The van der Waals surface area contributed by atoms with Crippen LogP contribution in [0.4, 0.5) is 11.4 Å². The molecule has 2 heterocycles. The van der Waals surface area contributed by atoms with Gasteiger partial charge in [-0.15, -0.1) is 0 Å². The third-order valence-corrected chi connectivity index (χ3v) is 12.1. The summed E-state index contributed by atoms with van der Waals surface area (Å²) < 4.78 is 0. The van der Waals surface area contributed by atoms with Crippen LogP contribution in [0, 0.1) is 47.9 Å². The van der Waals surface area contributed by atoms with Crippen LogP contribution in [0.1, 0.15) is 47.2 Å². The summed E-state index contributed by atoms with van der Waals surface area (Å²) in [5, 5.41) is 32.8. The van der Waals surface area contributed by atoms with E-state index in [4.69, 9.17) is 0 Å². The molecule has 6 rings (SSSR count). The van der Waals surface area contributed by atoms with E-state index in [0.29, 0.717) is 61.5 Å². The van der Waals surface area contributed by atoms with Gasteiger partial charge in [-0.05, 0) is 99.2 Å². The lowest BCUT2D eigenvalue weighted by atomic mass is 9.93. The van der Waals surface area contributed by atoms with Crippen LogP contribution >= 0.6 is 11.8 Å². The minimum atomic E-state index is -0.643. The maximum atomic E-state index is 13.5. The fraction of sp³-hybridized carbons (Fsp3) is 0.304. The maximum absolute atomic E-state index is 13.5. The molecule has 2 saturated heterocycles. The molecule has 2 unspecified atom stereocenters. The first-order valence-corrected chi connectivity index (χ1v) is 20.7. The molecule has 14 nitrogen and oxygen atoms in total. The number of benzene rings is 4. The molecule has 0 saturated carbocycles. The topological polar surface area (TPSA) is 185 Å². The molecule has 316 valence electrons. The van der Waals surface area contributed by atoms with Gasteiger partial charge >= 0.3 is 0 Å². The van der Waals surface area contributed by atoms with Gasteiger partial charge in [0.2, 0.25) is 11.8 Å². The molecule has 0 radical (unpaired) electrons. The number of amides is 2. The van der Waals surface area contributed by atoms with Crippen molar-refractivity contribution in [3.05, 3.63) is 126 Å². The number of nitrogens with one attached hydrogen (secondary N) is 2. The van der Waals surface area contributed by atoms with Crippen LogP contribution in [0.25, 0.3) is 34.4 Å². The molecule has 0 bridgehead atoms. The zero-order valence-electron chi connectivity index (χ0n) is 34.9. The highest BCUT2D eigenvalue weighted by Crippen LogP contribution is 2.49. The molecule has 2 amide bonds. The number of carbonyl (C=O) groups is 4. The van der Waals surface area contributed by atoms with Gasteiger partial charge in [0.25, 0.3) is 11.4 Å². The molecule has 0 aliphatic carbocycles. The summed E-state index contributed by atoms with van der Waals surface area (Å²) in [6, 6.07) is 16.1. The number of nitrogens with zero attached hydrogens (tertiary/aromatic N) is 4. The van der Waals surface area contributed by atoms with Gasteiger partial charge in [-0.1, -0.05) is 71.4 Å². The van der Waals surface area contributed by atoms with Gasteiger partial charge in [0.1, 0.15) is 12.1 Å². The Hall–Kier alpha value is -6.29. The second-order valence-electron chi connectivity index (χ2n) is 15.4. The molecule has 2 N–H and O–H groups in total. The van der Waals surface area contributed by atoms with Crippen LogP contribution < -0.4 is 10.6 Å². The molecule has 2 fully saturated rings. The highest BCUT2D eigenvalue weighted by Gasteiger charge is 2.33. The predicted octanol–water partition coefficient (Wildman–Crippen LogP) is 7.03. The van der Waals surface area contributed by atoms with E-state index >= 15 is 0 Å².